The Labute approximate surface area is 238 Å². The number of carboxylic acid groups (broad SMARTS) is 1. The Morgan fingerprint density at radius 1 is 0.951 bits per heavy atom. The summed E-state index contributed by atoms with van der Waals surface area (Å²) in [4.78, 5) is 61.4. The number of aromatic nitrogens is 3. The average Bonchev–Trinajstić information content (AvgIpc) is 3.60. The molecule has 2 aromatic heterocycles. The second-order valence-electron chi connectivity index (χ2n) is 10.4. The number of para-hydroxylation sites is 1. The van der Waals surface area contributed by atoms with Gasteiger partial charge in [-0.3, -0.25) is 14.4 Å². The highest BCUT2D eigenvalue weighted by Gasteiger charge is 2.32. The third-order valence-corrected chi connectivity index (χ3v) is 6.87. The van der Waals surface area contributed by atoms with Crippen molar-refractivity contribution in [3.63, 3.8) is 0 Å². The highest BCUT2D eigenvalue weighted by molar-refractivity contribution is 5.94. The molecule has 0 aliphatic carbocycles. The lowest BCUT2D eigenvalue weighted by molar-refractivity contribution is -0.142. The number of nitrogens with one attached hydrogen (secondary N) is 5. The van der Waals surface area contributed by atoms with Gasteiger partial charge in [-0.15, -0.1) is 0 Å². The number of hydrogen-bond donors (Lipinski definition) is 8. The van der Waals surface area contributed by atoms with Crippen molar-refractivity contribution in [3.8, 4) is 0 Å². The van der Waals surface area contributed by atoms with Crippen LogP contribution in [0.15, 0.2) is 43.0 Å². The number of carboxylic acids is 1. The van der Waals surface area contributed by atoms with Crippen LogP contribution < -0.4 is 27.4 Å². The van der Waals surface area contributed by atoms with Crippen LogP contribution in [0.4, 0.5) is 0 Å². The second kappa shape index (κ2) is 15.0. The van der Waals surface area contributed by atoms with E-state index in [0.29, 0.717) is 25.1 Å². The minimum absolute atomic E-state index is 0.0491. The fourth-order valence-corrected chi connectivity index (χ4v) is 4.54. The summed E-state index contributed by atoms with van der Waals surface area (Å²) in [6.45, 7) is 3.92. The molecule has 0 bridgehead atoms. The highest BCUT2D eigenvalue weighted by atomic mass is 16.4. The van der Waals surface area contributed by atoms with Gasteiger partial charge in [0.2, 0.25) is 17.7 Å². The van der Waals surface area contributed by atoms with Gasteiger partial charge in [0, 0.05) is 41.8 Å². The van der Waals surface area contributed by atoms with Gasteiger partial charge in [-0.2, -0.15) is 0 Å². The smallest absolute Gasteiger partial charge is 0.326 e. The van der Waals surface area contributed by atoms with Gasteiger partial charge < -0.3 is 42.5 Å². The van der Waals surface area contributed by atoms with E-state index < -0.39 is 47.9 Å². The maximum absolute atomic E-state index is 13.3. The molecule has 4 unspecified atom stereocenters. The zero-order valence-corrected chi connectivity index (χ0v) is 23.4. The van der Waals surface area contributed by atoms with Crippen LogP contribution >= 0.6 is 0 Å². The number of imidazole rings is 1. The molecule has 222 valence electrons. The first-order valence-electron chi connectivity index (χ1n) is 13.7. The first kappa shape index (κ1) is 31.3. The topological polar surface area (TPSA) is 221 Å². The fourth-order valence-electron chi connectivity index (χ4n) is 4.54. The maximum Gasteiger partial charge on any atom is 0.326 e. The second-order valence-corrected chi connectivity index (χ2v) is 10.4. The first-order chi connectivity index (χ1) is 19.6. The molecule has 0 saturated carbocycles. The van der Waals surface area contributed by atoms with Crippen molar-refractivity contribution in [3.05, 3.63) is 54.2 Å². The van der Waals surface area contributed by atoms with E-state index in [9.17, 15) is 24.3 Å². The molecule has 41 heavy (non-hydrogen) atoms. The normalized spacial score (nSPS) is 14.3. The number of fused-ring (bicyclic) bond motifs is 1. The largest absolute Gasteiger partial charge is 0.480 e. The van der Waals surface area contributed by atoms with E-state index in [0.717, 1.165) is 16.5 Å². The number of hydrogen-bond acceptors (Lipinski definition) is 7. The summed E-state index contributed by atoms with van der Waals surface area (Å²) in [5.74, 6) is -3.25. The summed E-state index contributed by atoms with van der Waals surface area (Å²) in [6.07, 6.45) is 6.41. The van der Waals surface area contributed by atoms with E-state index >= 15 is 0 Å². The van der Waals surface area contributed by atoms with Crippen LogP contribution in [0.3, 0.4) is 0 Å². The Kier molecular flexibility index (Phi) is 11.4. The number of amides is 3. The Balaban J connectivity index is 1.70. The zero-order chi connectivity index (χ0) is 29.9. The molecule has 13 nitrogen and oxygen atoms in total. The first-order valence-corrected chi connectivity index (χ1v) is 13.7. The number of nitrogens with two attached hydrogens (primary N) is 2. The van der Waals surface area contributed by atoms with Gasteiger partial charge in [0.15, 0.2) is 0 Å². The molecule has 0 fully saturated rings. The number of carbonyl (C=O) groups excluding carboxylic acids is 3. The third kappa shape index (κ3) is 8.88. The molecule has 13 heteroatoms. The van der Waals surface area contributed by atoms with E-state index in [1.807, 2.05) is 24.3 Å². The molecule has 4 atom stereocenters. The van der Waals surface area contributed by atoms with Gasteiger partial charge in [0.25, 0.3) is 0 Å². The maximum atomic E-state index is 13.3. The molecule has 0 saturated heterocycles. The monoisotopic (exact) mass is 568 g/mol. The predicted octanol–water partition coefficient (Wildman–Crippen LogP) is 0.328. The van der Waals surface area contributed by atoms with Gasteiger partial charge in [0.1, 0.15) is 18.1 Å². The number of aliphatic carboxylic acids is 1. The lowest BCUT2D eigenvalue weighted by atomic mass is 10.0. The molecular weight excluding hydrogens is 528 g/mol. The van der Waals surface area contributed by atoms with Crippen molar-refractivity contribution < 1.29 is 24.3 Å². The summed E-state index contributed by atoms with van der Waals surface area (Å²) in [6, 6.07) is 3.32. The minimum Gasteiger partial charge on any atom is -0.480 e. The number of unbranched alkanes of at least 4 members (excludes halogenated alkanes) is 1. The highest BCUT2D eigenvalue weighted by Crippen LogP contribution is 2.19. The Bertz CT molecular complexity index is 1310. The molecule has 2 heterocycles. The number of nitrogens with zero attached hydrogens (tertiary/aromatic N) is 1. The van der Waals surface area contributed by atoms with Gasteiger partial charge in [-0.1, -0.05) is 32.0 Å². The van der Waals surface area contributed by atoms with Gasteiger partial charge in [-0.25, -0.2) is 9.78 Å². The molecule has 0 spiro atoms. The number of benzene rings is 1. The van der Waals surface area contributed by atoms with E-state index in [-0.39, 0.29) is 25.2 Å². The quantitative estimate of drug-likeness (QED) is 0.112. The lowest BCUT2D eigenvalue weighted by Crippen LogP contribution is -2.58. The Hall–Kier alpha value is -4.23. The minimum atomic E-state index is -1.23. The summed E-state index contributed by atoms with van der Waals surface area (Å²) in [5, 5.41) is 18.7. The van der Waals surface area contributed by atoms with Crippen molar-refractivity contribution >= 4 is 34.6 Å². The van der Waals surface area contributed by atoms with Crippen molar-refractivity contribution in [2.24, 2.45) is 17.4 Å². The fraction of sp³-hybridized carbons (Fsp3) is 0.464. The summed E-state index contributed by atoms with van der Waals surface area (Å²) < 4.78 is 0. The van der Waals surface area contributed by atoms with Crippen LogP contribution in [0.2, 0.25) is 0 Å². The molecule has 0 radical (unpaired) electrons. The summed E-state index contributed by atoms with van der Waals surface area (Å²) in [7, 11) is 0. The predicted molar refractivity (Wildman–Crippen MR) is 153 cm³/mol. The van der Waals surface area contributed by atoms with Crippen LogP contribution in [0.5, 0.6) is 0 Å². The lowest BCUT2D eigenvalue weighted by Gasteiger charge is -2.27. The molecule has 3 aromatic rings. The van der Waals surface area contributed by atoms with Crippen LogP contribution in [0.1, 0.15) is 44.4 Å². The van der Waals surface area contributed by atoms with Crippen molar-refractivity contribution in [1.29, 1.82) is 0 Å². The molecular formula is C28H40N8O5. The molecule has 1 aromatic carbocycles. The number of H-pyrrole nitrogens is 2. The van der Waals surface area contributed by atoms with Crippen molar-refractivity contribution in [2.45, 2.75) is 70.1 Å². The third-order valence-electron chi connectivity index (χ3n) is 6.87. The van der Waals surface area contributed by atoms with Gasteiger partial charge in [0.05, 0.1) is 12.4 Å². The number of rotatable bonds is 16. The Morgan fingerprint density at radius 3 is 2.34 bits per heavy atom. The zero-order valence-electron chi connectivity index (χ0n) is 23.4. The van der Waals surface area contributed by atoms with Gasteiger partial charge in [-0.05, 0) is 43.4 Å². The van der Waals surface area contributed by atoms with E-state index in [4.69, 9.17) is 11.5 Å². The molecule has 3 rings (SSSR count). The molecule has 0 aliphatic heterocycles. The van der Waals surface area contributed by atoms with Crippen LogP contribution in [0, 0.1) is 5.92 Å². The Morgan fingerprint density at radius 2 is 1.68 bits per heavy atom. The average molecular weight is 569 g/mol. The SMILES string of the molecule is CC(C)C(NC(=O)C(N)Cc1cnc[nH]1)C(=O)NC(CCCCN)C(=O)NC(Cc1c[nH]c2ccccc12)C(=O)O. The van der Waals surface area contributed by atoms with E-state index in [1.54, 1.807) is 26.2 Å². The van der Waals surface area contributed by atoms with E-state index in [2.05, 4.69) is 30.9 Å². The van der Waals surface area contributed by atoms with Gasteiger partial charge >= 0.3 is 5.97 Å². The number of carbonyl (C=O) groups is 4. The summed E-state index contributed by atoms with van der Waals surface area (Å²) >= 11 is 0. The van der Waals surface area contributed by atoms with Crippen LogP contribution in [0.25, 0.3) is 10.9 Å². The molecule has 0 aliphatic rings. The van der Waals surface area contributed by atoms with Crippen LogP contribution in [-0.4, -0.2) is 74.5 Å². The van der Waals surface area contributed by atoms with E-state index in [1.165, 1.54) is 6.33 Å². The van der Waals surface area contributed by atoms with Crippen molar-refractivity contribution in [2.75, 3.05) is 6.54 Å². The summed E-state index contributed by atoms with van der Waals surface area (Å²) in [5.41, 5.74) is 13.9. The standard InChI is InChI=1S/C28H40N8O5/c1-16(2)24(36-25(37)20(30)12-18-14-31-15-33-18)27(39)34-22(9-5-6-10-29)26(38)35-23(28(40)41)11-17-13-32-21-8-4-3-7-19(17)21/h3-4,7-8,13-16,20,22-24,32H,5-6,9-12,29-30H2,1-2H3,(H,31,33)(H,34,39)(H,35,38)(H,36,37)(H,40,41). The van der Waals surface area contributed by atoms with Crippen molar-refractivity contribution in [1.82, 2.24) is 30.9 Å². The number of aromatic amines is 2. The molecule has 3 amide bonds. The molecule has 10 N–H and O–H groups in total. The van der Waals surface area contributed by atoms with Crippen LogP contribution in [-0.2, 0) is 32.0 Å².